The molecule has 1 aromatic rings. The van der Waals surface area contributed by atoms with Crippen LogP contribution in [0.15, 0.2) is 0 Å². The highest BCUT2D eigenvalue weighted by Gasteiger charge is 2.10. The van der Waals surface area contributed by atoms with E-state index in [9.17, 15) is 4.79 Å². The summed E-state index contributed by atoms with van der Waals surface area (Å²) >= 11 is 1.19. The fourth-order valence-electron chi connectivity index (χ4n) is 0.473. The molecule has 0 aliphatic carbocycles. The molecule has 0 aliphatic rings. The van der Waals surface area contributed by atoms with Gasteiger partial charge in [0.05, 0.1) is 0 Å². The zero-order valence-corrected chi connectivity index (χ0v) is 6.05. The van der Waals surface area contributed by atoms with Gasteiger partial charge >= 0.3 is 0 Å². The van der Waals surface area contributed by atoms with Crippen molar-refractivity contribution >= 4 is 17.6 Å². The van der Waals surface area contributed by atoms with E-state index in [2.05, 4.69) is 10.2 Å². The maximum Gasteiger partial charge on any atom is 0.237 e. The molecule has 0 saturated carbocycles. The Kier molecular flexibility index (Phi) is 2.08. The van der Waals surface area contributed by atoms with Gasteiger partial charge in [0.25, 0.3) is 0 Å². The average molecular weight is 157 g/mol. The Balaban J connectivity index is 2.84. The van der Waals surface area contributed by atoms with Gasteiger partial charge in [-0.25, -0.2) is 0 Å². The zero-order valence-electron chi connectivity index (χ0n) is 5.24. The Morgan fingerprint density at radius 3 is 2.80 bits per heavy atom. The third-order valence-corrected chi connectivity index (χ3v) is 1.78. The molecule has 0 amide bonds. The third kappa shape index (κ3) is 1.37. The van der Waals surface area contributed by atoms with E-state index in [0.29, 0.717) is 5.01 Å². The molecular weight excluding hydrogens is 152 g/mol. The molecule has 10 heavy (non-hydrogen) atoms. The maximum atomic E-state index is 9.88. The lowest BCUT2D eigenvalue weighted by Gasteiger charge is -1.89. The number of rotatable bonds is 2. The lowest BCUT2D eigenvalue weighted by Crippen LogP contribution is -1.96. The number of hydrogen-bond donors (Lipinski definition) is 1. The van der Waals surface area contributed by atoms with Crippen LogP contribution in [0.1, 0.15) is 16.1 Å². The minimum atomic E-state index is -1.23. The second-order valence-corrected chi connectivity index (χ2v) is 2.89. The number of aryl methyl sites for hydroxylation is 1. The summed E-state index contributed by atoms with van der Waals surface area (Å²) in [5, 5.41) is 17.0. The van der Waals surface area contributed by atoms with Crippen LogP contribution in [0.2, 0.25) is 0 Å². The molecular formula is C5H5N2O2S. The minimum absolute atomic E-state index is 0.299. The molecule has 53 valence electrons. The van der Waals surface area contributed by atoms with Gasteiger partial charge in [-0.1, -0.05) is 11.3 Å². The van der Waals surface area contributed by atoms with Gasteiger partial charge < -0.3 is 5.11 Å². The van der Waals surface area contributed by atoms with Crippen LogP contribution in [0.5, 0.6) is 0 Å². The first-order valence-corrected chi connectivity index (χ1v) is 3.41. The van der Waals surface area contributed by atoms with Crippen molar-refractivity contribution in [1.82, 2.24) is 10.2 Å². The minimum Gasteiger partial charge on any atom is -0.378 e. The predicted octanol–water partition coefficient (Wildman–Crippen LogP) is -0.0104. The van der Waals surface area contributed by atoms with Crippen molar-refractivity contribution in [2.75, 3.05) is 0 Å². The van der Waals surface area contributed by atoms with Gasteiger partial charge in [0.15, 0.2) is 11.1 Å². The topological polar surface area (TPSA) is 63.1 Å². The molecule has 4 nitrogen and oxygen atoms in total. The van der Waals surface area contributed by atoms with Crippen molar-refractivity contribution in [1.29, 1.82) is 0 Å². The standard InChI is InChI=1S/C5H5N2O2S/c1-3-6-7-5(10-3)4(9)2-8/h4,9H,1H3. The summed E-state index contributed by atoms with van der Waals surface area (Å²) < 4.78 is 0. The predicted molar refractivity (Wildman–Crippen MR) is 35.3 cm³/mol. The van der Waals surface area contributed by atoms with Crippen LogP contribution in [0.4, 0.5) is 0 Å². The van der Waals surface area contributed by atoms with Crippen LogP contribution in [-0.2, 0) is 4.79 Å². The number of aliphatic hydroxyl groups excluding tert-OH is 1. The van der Waals surface area contributed by atoms with Crippen LogP contribution in [0, 0.1) is 6.92 Å². The van der Waals surface area contributed by atoms with E-state index in [-0.39, 0.29) is 0 Å². The van der Waals surface area contributed by atoms with E-state index in [1.165, 1.54) is 17.6 Å². The Morgan fingerprint density at radius 2 is 2.40 bits per heavy atom. The smallest absolute Gasteiger partial charge is 0.237 e. The van der Waals surface area contributed by atoms with E-state index in [1.807, 2.05) is 0 Å². The molecule has 1 unspecified atom stereocenters. The summed E-state index contributed by atoms with van der Waals surface area (Å²) in [6.45, 7) is 1.75. The Bertz CT molecular complexity index is 235. The molecule has 0 saturated heterocycles. The normalized spacial score (nSPS) is 13.0. The summed E-state index contributed by atoms with van der Waals surface area (Å²) in [6.07, 6.45) is 0.178. The van der Waals surface area contributed by atoms with E-state index in [1.54, 1.807) is 6.92 Å². The largest absolute Gasteiger partial charge is 0.378 e. The highest BCUT2D eigenvalue weighted by molar-refractivity contribution is 7.11. The summed E-state index contributed by atoms with van der Waals surface area (Å²) in [5.41, 5.74) is 0. The molecule has 1 rings (SSSR count). The lowest BCUT2D eigenvalue weighted by atomic mass is 10.4. The second-order valence-electron chi connectivity index (χ2n) is 1.68. The van der Waals surface area contributed by atoms with Crippen molar-refractivity contribution in [3.05, 3.63) is 10.0 Å². The summed E-state index contributed by atoms with van der Waals surface area (Å²) in [7, 11) is 0. The quantitative estimate of drug-likeness (QED) is 0.655. The SMILES string of the molecule is Cc1nnc(C(O)[C]=O)s1. The number of aliphatic hydroxyl groups is 1. The van der Waals surface area contributed by atoms with E-state index >= 15 is 0 Å². The number of carbonyl (C=O) groups excluding carboxylic acids is 1. The van der Waals surface area contributed by atoms with E-state index in [4.69, 9.17) is 5.11 Å². The van der Waals surface area contributed by atoms with Crippen LogP contribution >= 0.6 is 11.3 Å². The average Bonchev–Trinajstić information content (AvgIpc) is 2.34. The van der Waals surface area contributed by atoms with E-state index in [0.717, 1.165) is 5.01 Å². The first kappa shape index (κ1) is 7.30. The van der Waals surface area contributed by atoms with Crippen LogP contribution in [0.25, 0.3) is 0 Å². The summed E-state index contributed by atoms with van der Waals surface area (Å²) in [5.74, 6) is 0. The summed E-state index contributed by atoms with van der Waals surface area (Å²) in [4.78, 5) is 9.88. The third-order valence-electron chi connectivity index (χ3n) is 0.887. The Hall–Kier alpha value is -0.810. The van der Waals surface area contributed by atoms with Crippen molar-refractivity contribution in [2.45, 2.75) is 13.0 Å². The number of aromatic nitrogens is 2. The first-order valence-electron chi connectivity index (χ1n) is 2.60. The van der Waals surface area contributed by atoms with Crippen LogP contribution in [-0.4, -0.2) is 21.6 Å². The fourth-order valence-corrected chi connectivity index (χ4v) is 1.10. The van der Waals surface area contributed by atoms with Gasteiger partial charge in [-0.15, -0.1) is 10.2 Å². The van der Waals surface area contributed by atoms with Crippen molar-refractivity contribution in [3.63, 3.8) is 0 Å². The molecule has 1 radical (unpaired) electrons. The molecule has 1 atom stereocenters. The molecule has 0 fully saturated rings. The molecule has 0 spiro atoms. The lowest BCUT2D eigenvalue weighted by molar-refractivity contribution is 0.238. The maximum absolute atomic E-state index is 9.88. The monoisotopic (exact) mass is 157 g/mol. The van der Waals surface area contributed by atoms with Crippen molar-refractivity contribution in [2.24, 2.45) is 0 Å². The Morgan fingerprint density at radius 1 is 1.70 bits per heavy atom. The summed E-state index contributed by atoms with van der Waals surface area (Å²) in [6, 6.07) is 0. The zero-order chi connectivity index (χ0) is 7.56. The van der Waals surface area contributed by atoms with Crippen molar-refractivity contribution in [3.8, 4) is 0 Å². The molecule has 1 N–H and O–H groups in total. The van der Waals surface area contributed by atoms with E-state index < -0.39 is 6.10 Å². The molecule has 5 heteroatoms. The highest BCUT2D eigenvalue weighted by Crippen LogP contribution is 2.14. The van der Waals surface area contributed by atoms with Gasteiger partial charge in [0, 0.05) is 0 Å². The molecule has 0 bridgehead atoms. The van der Waals surface area contributed by atoms with Crippen molar-refractivity contribution < 1.29 is 9.90 Å². The van der Waals surface area contributed by atoms with Crippen LogP contribution < -0.4 is 0 Å². The van der Waals surface area contributed by atoms with Gasteiger partial charge in [-0.3, -0.25) is 4.79 Å². The first-order chi connectivity index (χ1) is 4.74. The number of nitrogens with zero attached hydrogens (tertiary/aromatic N) is 2. The second kappa shape index (κ2) is 2.85. The van der Waals surface area contributed by atoms with Gasteiger partial charge in [-0.2, -0.15) is 0 Å². The Labute approximate surface area is 61.5 Å². The van der Waals surface area contributed by atoms with Gasteiger partial charge in [0.1, 0.15) is 5.01 Å². The fraction of sp³-hybridized carbons (Fsp3) is 0.400. The highest BCUT2D eigenvalue weighted by atomic mass is 32.1. The number of hydrogen-bond acceptors (Lipinski definition) is 5. The molecule has 0 aromatic carbocycles. The van der Waals surface area contributed by atoms with Gasteiger partial charge in [0.2, 0.25) is 6.29 Å². The molecule has 0 aliphatic heterocycles. The van der Waals surface area contributed by atoms with Crippen LogP contribution in [0.3, 0.4) is 0 Å². The molecule has 1 aromatic heterocycles. The molecule has 1 heterocycles. The van der Waals surface area contributed by atoms with Gasteiger partial charge in [-0.05, 0) is 6.92 Å².